The number of hydrogen-bond acceptors (Lipinski definition) is 2. The molecule has 0 aromatic heterocycles. The summed E-state index contributed by atoms with van der Waals surface area (Å²) in [5, 5.41) is 3.38. The Labute approximate surface area is 120 Å². The lowest BCUT2D eigenvalue weighted by atomic mass is 9.82. The minimum atomic E-state index is -0.340. The maximum atomic E-state index is 14.0. The predicted octanol–water partition coefficient (Wildman–Crippen LogP) is 3.67. The summed E-state index contributed by atoms with van der Waals surface area (Å²) in [6.07, 6.45) is 0.523. The van der Waals surface area contributed by atoms with Crippen molar-refractivity contribution in [1.29, 1.82) is 0 Å². The lowest BCUT2D eigenvalue weighted by molar-refractivity contribution is -0.00937. The Morgan fingerprint density at radius 1 is 1.37 bits per heavy atom. The molecule has 0 aliphatic carbocycles. The predicted molar refractivity (Wildman–Crippen MR) is 78.2 cm³/mol. The van der Waals surface area contributed by atoms with Gasteiger partial charge in [0.05, 0.1) is 11.1 Å². The Bertz CT molecular complexity index is 417. The number of likely N-dealkylation sites (N-methyl/N-ethyl adjacent to an activating group) is 1. The largest absolute Gasteiger partial charge is 0.379 e. The second-order valence-corrected chi connectivity index (χ2v) is 6.24. The van der Waals surface area contributed by atoms with E-state index < -0.39 is 0 Å². The summed E-state index contributed by atoms with van der Waals surface area (Å²) in [4.78, 5) is 0. The molecule has 0 bridgehead atoms. The maximum Gasteiger partial charge on any atom is 0.145 e. The van der Waals surface area contributed by atoms with Crippen LogP contribution in [0.3, 0.4) is 0 Å². The van der Waals surface area contributed by atoms with Gasteiger partial charge in [-0.05, 0) is 30.5 Å². The minimum absolute atomic E-state index is 0.0177. The SMILES string of the molecule is CNC(Cc1cccc(Cl)c1F)C(OC)C(C)(C)C. The number of rotatable bonds is 5. The van der Waals surface area contributed by atoms with Gasteiger partial charge in [-0.2, -0.15) is 0 Å². The molecule has 1 aromatic rings. The van der Waals surface area contributed by atoms with Gasteiger partial charge in [0.2, 0.25) is 0 Å². The third-order valence-electron chi connectivity index (χ3n) is 3.32. The summed E-state index contributed by atoms with van der Waals surface area (Å²) in [6.45, 7) is 6.33. The monoisotopic (exact) mass is 287 g/mol. The van der Waals surface area contributed by atoms with Gasteiger partial charge in [-0.1, -0.05) is 44.5 Å². The van der Waals surface area contributed by atoms with E-state index in [9.17, 15) is 4.39 Å². The fraction of sp³-hybridized carbons (Fsp3) is 0.600. The average molecular weight is 288 g/mol. The second-order valence-electron chi connectivity index (χ2n) is 5.83. The van der Waals surface area contributed by atoms with E-state index in [2.05, 4.69) is 26.1 Å². The van der Waals surface area contributed by atoms with Gasteiger partial charge in [-0.3, -0.25) is 0 Å². The van der Waals surface area contributed by atoms with Crippen molar-refractivity contribution >= 4 is 11.6 Å². The molecule has 1 N–H and O–H groups in total. The number of ether oxygens (including phenoxy) is 1. The third-order valence-corrected chi connectivity index (χ3v) is 3.61. The first-order valence-electron chi connectivity index (χ1n) is 6.44. The normalized spacial score (nSPS) is 15.3. The van der Waals surface area contributed by atoms with Gasteiger partial charge in [0.25, 0.3) is 0 Å². The maximum absolute atomic E-state index is 14.0. The molecule has 0 amide bonds. The molecular formula is C15H23ClFNO. The van der Waals surface area contributed by atoms with Gasteiger partial charge in [0.15, 0.2) is 0 Å². The van der Waals surface area contributed by atoms with Crippen LogP contribution < -0.4 is 5.32 Å². The van der Waals surface area contributed by atoms with Crippen molar-refractivity contribution in [3.05, 3.63) is 34.6 Å². The standard InChI is InChI=1S/C15H23ClFNO/c1-15(2,3)14(19-5)12(18-4)9-10-7-6-8-11(16)13(10)17/h6-8,12,14,18H,9H2,1-5H3. The Hall–Kier alpha value is -0.640. The zero-order valence-electron chi connectivity index (χ0n) is 12.3. The molecule has 0 aliphatic rings. The van der Waals surface area contributed by atoms with Crippen LogP contribution in [0.25, 0.3) is 0 Å². The molecule has 4 heteroatoms. The topological polar surface area (TPSA) is 21.3 Å². The van der Waals surface area contributed by atoms with Gasteiger partial charge < -0.3 is 10.1 Å². The van der Waals surface area contributed by atoms with Gasteiger partial charge in [-0.25, -0.2) is 4.39 Å². The average Bonchev–Trinajstić information content (AvgIpc) is 2.32. The molecule has 0 fully saturated rings. The van der Waals surface area contributed by atoms with Gasteiger partial charge >= 0.3 is 0 Å². The fourth-order valence-corrected chi connectivity index (χ4v) is 2.62. The van der Waals surface area contributed by atoms with Crippen molar-refractivity contribution in [3.8, 4) is 0 Å². The van der Waals surface area contributed by atoms with E-state index in [1.54, 1.807) is 25.3 Å². The molecule has 0 saturated carbocycles. The molecule has 2 unspecified atom stereocenters. The summed E-state index contributed by atoms with van der Waals surface area (Å²) in [7, 11) is 3.56. The van der Waals surface area contributed by atoms with Gasteiger partial charge in [-0.15, -0.1) is 0 Å². The number of halogens is 2. The van der Waals surface area contributed by atoms with Crippen LogP contribution in [0.2, 0.25) is 5.02 Å². The van der Waals surface area contributed by atoms with Crippen molar-refractivity contribution in [2.75, 3.05) is 14.2 Å². The molecule has 0 aliphatic heterocycles. The molecule has 2 atom stereocenters. The van der Waals surface area contributed by atoms with Crippen LogP contribution in [0.15, 0.2) is 18.2 Å². The fourth-order valence-electron chi connectivity index (χ4n) is 2.42. The summed E-state index contributed by atoms with van der Waals surface area (Å²) >= 11 is 5.82. The van der Waals surface area contributed by atoms with Crippen LogP contribution in [0.4, 0.5) is 4.39 Å². The number of methoxy groups -OCH3 is 1. The Morgan fingerprint density at radius 3 is 2.47 bits per heavy atom. The van der Waals surface area contributed by atoms with E-state index in [1.807, 2.05) is 7.05 Å². The number of benzene rings is 1. The minimum Gasteiger partial charge on any atom is -0.379 e. The highest BCUT2D eigenvalue weighted by atomic mass is 35.5. The van der Waals surface area contributed by atoms with Gasteiger partial charge in [0, 0.05) is 13.2 Å². The lowest BCUT2D eigenvalue weighted by Gasteiger charge is -2.36. The van der Waals surface area contributed by atoms with Crippen molar-refractivity contribution in [3.63, 3.8) is 0 Å². The summed E-state index contributed by atoms with van der Waals surface area (Å²) in [6, 6.07) is 5.12. The summed E-state index contributed by atoms with van der Waals surface area (Å²) in [5.41, 5.74) is 0.579. The van der Waals surface area contributed by atoms with Crippen LogP contribution >= 0.6 is 11.6 Å². The number of hydrogen-bond donors (Lipinski definition) is 1. The van der Waals surface area contributed by atoms with Crippen molar-refractivity contribution < 1.29 is 9.13 Å². The van der Waals surface area contributed by atoms with E-state index in [1.165, 1.54) is 0 Å². The molecule has 0 heterocycles. The molecule has 19 heavy (non-hydrogen) atoms. The number of nitrogens with one attached hydrogen (secondary N) is 1. The van der Waals surface area contributed by atoms with E-state index in [4.69, 9.17) is 16.3 Å². The molecule has 2 nitrogen and oxygen atoms in total. The molecule has 0 spiro atoms. The lowest BCUT2D eigenvalue weighted by Crippen LogP contribution is -2.47. The van der Waals surface area contributed by atoms with Crippen molar-refractivity contribution in [2.45, 2.75) is 39.3 Å². The first kappa shape index (κ1) is 16.4. The summed E-state index contributed by atoms with van der Waals surface area (Å²) < 4.78 is 19.6. The second kappa shape index (κ2) is 6.69. The smallest absolute Gasteiger partial charge is 0.145 e. The highest BCUT2D eigenvalue weighted by molar-refractivity contribution is 6.30. The highest BCUT2D eigenvalue weighted by Gasteiger charge is 2.32. The van der Waals surface area contributed by atoms with Gasteiger partial charge in [0.1, 0.15) is 5.82 Å². The van der Waals surface area contributed by atoms with Crippen molar-refractivity contribution in [2.24, 2.45) is 5.41 Å². The zero-order chi connectivity index (χ0) is 14.6. The zero-order valence-corrected chi connectivity index (χ0v) is 13.0. The molecule has 108 valence electrons. The molecule has 1 rings (SSSR count). The highest BCUT2D eigenvalue weighted by Crippen LogP contribution is 2.27. The Morgan fingerprint density at radius 2 is 2.00 bits per heavy atom. The van der Waals surface area contributed by atoms with Crippen LogP contribution in [-0.2, 0) is 11.2 Å². The Kier molecular flexibility index (Phi) is 5.78. The molecule has 0 radical (unpaired) electrons. The first-order chi connectivity index (χ1) is 8.81. The van der Waals surface area contributed by atoms with Crippen LogP contribution in [-0.4, -0.2) is 26.3 Å². The molecule has 1 aromatic carbocycles. The van der Waals surface area contributed by atoms with Crippen LogP contribution in [0, 0.1) is 11.2 Å². The Balaban J connectivity index is 2.96. The summed E-state index contributed by atoms with van der Waals surface area (Å²) in [5.74, 6) is -0.340. The van der Waals surface area contributed by atoms with E-state index in [0.29, 0.717) is 12.0 Å². The third kappa shape index (κ3) is 4.16. The van der Waals surface area contributed by atoms with Crippen LogP contribution in [0.5, 0.6) is 0 Å². The van der Waals surface area contributed by atoms with Crippen LogP contribution in [0.1, 0.15) is 26.3 Å². The van der Waals surface area contributed by atoms with E-state index in [-0.39, 0.29) is 28.4 Å². The van der Waals surface area contributed by atoms with E-state index >= 15 is 0 Å². The molecular weight excluding hydrogens is 265 g/mol. The van der Waals surface area contributed by atoms with Crippen molar-refractivity contribution in [1.82, 2.24) is 5.32 Å². The molecule has 0 saturated heterocycles. The first-order valence-corrected chi connectivity index (χ1v) is 6.82. The van der Waals surface area contributed by atoms with E-state index in [0.717, 1.165) is 0 Å². The quantitative estimate of drug-likeness (QED) is 0.892.